The van der Waals surface area contributed by atoms with Gasteiger partial charge in [-0.25, -0.2) is 9.78 Å². The van der Waals surface area contributed by atoms with Crippen molar-refractivity contribution in [3.63, 3.8) is 0 Å². The van der Waals surface area contributed by atoms with Crippen LogP contribution in [0.15, 0.2) is 42.5 Å². The molecular formula is C18H19N3O3. The van der Waals surface area contributed by atoms with Crippen molar-refractivity contribution in [1.29, 1.82) is 0 Å². The Hall–Kier alpha value is -3.02. The minimum Gasteiger partial charge on any atom is -0.497 e. The summed E-state index contributed by atoms with van der Waals surface area (Å²) >= 11 is 0. The average molecular weight is 325 g/mol. The van der Waals surface area contributed by atoms with Gasteiger partial charge in [-0.3, -0.25) is 0 Å². The second-order valence-electron chi connectivity index (χ2n) is 5.24. The van der Waals surface area contributed by atoms with Gasteiger partial charge in [0.2, 0.25) is 5.95 Å². The van der Waals surface area contributed by atoms with Crippen LogP contribution >= 0.6 is 0 Å². The summed E-state index contributed by atoms with van der Waals surface area (Å²) in [6.07, 6.45) is 0. The molecule has 0 saturated carbocycles. The number of nitrogens with zero attached hydrogens (tertiary/aromatic N) is 1. The van der Waals surface area contributed by atoms with Crippen LogP contribution in [0.5, 0.6) is 5.75 Å². The van der Waals surface area contributed by atoms with E-state index in [9.17, 15) is 4.79 Å². The van der Waals surface area contributed by atoms with Gasteiger partial charge in [-0.05, 0) is 42.8 Å². The van der Waals surface area contributed by atoms with E-state index in [2.05, 4.69) is 15.3 Å². The lowest BCUT2D eigenvalue weighted by molar-refractivity contribution is 0.0526. The number of imidazole rings is 1. The number of esters is 1. The minimum atomic E-state index is -0.332. The number of aromatic nitrogens is 2. The SMILES string of the molecule is CCOC(=O)c1ccc2nc(NCc3ccc(OC)cc3)[nH]c2c1. The Morgan fingerprint density at radius 1 is 1.21 bits per heavy atom. The molecule has 24 heavy (non-hydrogen) atoms. The highest BCUT2D eigenvalue weighted by atomic mass is 16.5. The van der Waals surface area contributed by atoms with E-state index in [0.29, 0.717) is 24.7 Å². The van der Waals surface area contributed by atoms with E-state index in [0.717, 1.165) is 22.3 Å². The van der Waals surface area contributed by atoms with Crippen molar-refractivity contribution in [2.24, 2.45) is 0 Å². The molecule has 124 valence electrons. The van der Waals surface area contributed by atoms with Gasteiger partial charge < -0.3 is 19.8 Å². The normalized spacial score (nSPS) is 10.6. The summed E-state index contributed by atoms with van der Waals surface area (Å²) < 4.78 is 10.2. The van der Waals surface area contributed by atoms with Gasteiger partial charge in [0, 0.05) is 6.54 Å². The Morgan fingerprint density at radius 3 is 2.71 bits per heavy atom. The van der Waals surface area contributed by atoms with Gasteiger partial charge in [0.05, 0.1) is 30.3 Å². The molecule has 0 spiro atoms. The Balaban J connectivity index is 1.71. The highest BCUT2D eigenvalue weighted by Crippen LogP contribution is 2.18. The molecule has 0 saturated heterocycles. The number of aromatic amines is 1. The summed E-state index contributed by atoms with van der Waals surface area (Å²) in [7, 11) is 1.65. The van der Waals surface area contributed by atoms with Crippen molar-refractivity contribution < 1.29 is 14.3 Å². The molecule has 0 fully saturated rings. The summed E-state index contributed by atoms with van der Waals surface area (Å²) in [5, 5.41) is 3.24. The quantitative estimate of drug-likeness (QED) is 0.680. The topological polar surface area (TPSA) is 76.2 Å². The summed E-state index contributed by atoms with van der Waals surface area (Å²) in [4.78, 5) is 19.4. The highest BCUT2D eigenvalue weighted by Gasteiger charge is 2.09. The second-order valence-corrected chi connectivity index (χ2v) is 5.24. The first-order valence-corrected chi connectivity index (χ1v) is 7.73. The van der Waals surface area contributed by atoms with Crippen molar-refractivity contribution in [1.82, 2.24) is 9.97 Å². The van der Waals surface area contributed by atoms with E-state index in [1.807, 2.05) is 24.3 Å². The van der Waals surface area contributed by atoms with Crippen LogP contribution in [-0.2, 0) is 11.3 Å². The number of carbonyl (C=O) groups excluding carboxylic acids is 1. The molecule has 3 aromatic rings. The second kappa shape index (κ2) is 7.04. The average Bonchev–Trinajstić information content (AvgIpc) is 3.02. The first-order valence-electron chi connectivity index (χ1n) is 7.73. The Kier molecular flexibility index (Phi) is 4.65. The summed E-state index contributed by atoms with van der Waals surface area (Å²) in [5.41, 5.74) is 3.20. The number of fused-ring (bicyclic) bond motifs is 1. The highest BCUT2D eigenvalue weighted by molar-refractivity contribution is 5.94. The van der Waals surface area contributed by atoms with Gasteiger partial charge in [0.1, 0.15) is 5.75 Å². The number of hydrogen-bond acceptors (Lipinski definition) is 5. The van der Waals surface area contributed by atoms with Crippen LogP contribution in [0.4, 0.5) is 5.95 Å². The molecule has 1 aromatic heterocycles. The fourth-order valence-electron chi connectivity index (χ4n) is 2.36. The summed E-state index contributed by atoms with van der Waals surface area (Å²) in [6, 6.07) is 13.1. The zero-order valence-corrected chi connectivity index (χ0v) is 13.6. The molecule has 1 heterocycles. The van der Waals surface area contributed by atoms with Crippen LogP contribution in [0.3, 0.4) is 0 Å². The Bertz CT molecular complexity index is 840. The maximum Gasteiger partial charge on any atom is 0.338 e. The third kappa shape index (κ3) is 3.48. The lowest BCUT2D eigenvalue weighted by atomic mass is 10.2. The number of rotatable bonds is 6. The third-order valence-corrected chi connectivity index (χ3v) is 3.61. The van der Waals surface area contributed by atoms with E-state index in [4.69, 9.17) is 9.47 Å². The van der Waals surface area contributed by atoms with E-state index < -0.39 is 0 Å². The zero-order chi connectivity index (χ0) is 16.9. The van der Waals surface area contributed by atoms with Crippen molar-refractivity contribution in [2.45, 2.75) is 13.5 Å². The Morgan fingerprint density at radius 2 is 2.00 bits per heavy atom. The fourth-order valence-corrected chi connectivity index (χ4v) is 2.36. The number of benzene rings is 2. The van der Waals surface area contributed by atoms with Crippen LogP contribution < -0.4 is 10.1 Å². The molecule has 0 unspecified atom stereocenters. The fraction of sp³-hybridized carbons (Fsp3) is 0.222. The number of carbonyl (C=O) groups is 1. The summed E-state index contributed by atoms with van der Waals surface area (Å²) in [5.74, 6) is 1.15. The number of methoxy groups -OCH3 is 1. The maximum atomic E-state index is 11.8. The smallest absolute Gasteiger partial charge is 0.338 e. The molecule has 0 bridgehead atoms. The predicted octanol–water partition coefficient (Wildman–Crippen LogP) is 3.36. The molecule has 0 atom stereocenters. The molecule has 0 aliphatic carbocycles. The first kappa shape index (κ1) is 15.9. The van der Waals surface area contributed by atoms with Crippen LogP contribution in [0, 0.1) is 0 Å². The van der Waals surface area contributed by atoms with Crippen LogP contribution in [0.25, 0.3) is 11.0 Å². The first-order chi connectivity index (χ1) is 11.7. The molecule has 0 aliphatic heterocycles. The third-order valence-electron chi connectivity index (χ3n) is 3.61. The number of hydrogen-bond donors (Lipinski definition) is 2. The van der Waals surface area contributed by atoms with E-state index in [1.165, 1.54) is 0 Å². The molecular weight excluding hydrogens is 306 g/mol. The number of anilines is 1. The molecule has 2 aromatic carbocycles. The van der Waals surface area contributed by atoms with Gasteiger partial charge in [0.15, 0.2) is 0 Å². The summed E-state index contributed by atoms with van der Waals surface area (Å²) in [6.45, 7) is 2.77. The molecule has 0 aliphatic rings. The van der Waals surface area contributed by atoms with Gasteiger partial charge in [0.25, 0.3) is 0 Å². The number of H-pyrrole nitrogens is 1. The molecule has 2 N–H and O–H groups in total. The molecule has 0 radical (unpaired) electrons. The van der Waals surface area contributed by atoms with Crippen molar-refractivity contribution >= 4 is 23.0 Å². The van der Waals surface area contributed by atoms with E-state index in [1.54, 1.807) is 32.2 Å². The Labute approximate surface area is 139 Å². The maximum absolute atomic E-state index is 11.8. The molecule has 3 rings (SSSR count). The van der Waals surface area contributed by atoms with Crippen molar-refractivity contribution in [2.75, 3.05) is 19.0 Å². The minimum absolute atomic E-state index is 0.332. The van der Waals surface area contributed by atoms with E-state index in [-0.39, 0.29) is 5.97 Å². The van der Waals surface area contributed by atoms with Crippen molar-refractivity contribution in [3.8, 4) is 5.75 Å². The van der Waals surface area contributed by atoms with Gasteiger partial charge in [-0.1, -0.05) is 12.1 Å². The van der Waals surface area contributed by atoms with E-state index >= 15 is 0 Å². The van der Waals surface area contributed by atoms with Crippen LogP contribution in [0.1, 0.15) is 22.8 Å². The van der Waals surface area contributed by atoms with Gasteiger partial charge in [-0.15, -0.1) is 0 Å². The standard InChI is InChI=1S/C18H19N3O3/c1-3-24-17(22)13-6-9-15-16(10-13)21-18(20-15)19-11-12-4-7-14(23-2)8-5-12/h4-10H,3,11H2,1-2H3,(H2,19,20,21). The number of nitrogens with one attached hydrogen (secondary N) is 2. The molecule has 6 heteroatoms. The van der Waals surface area contributed by atoms with Crippen LogP contribution in [-0.4, -0.2) is 29.7 Å². The predicted molar refractivity (Wildman–Crippen MR) is 92.4 cm³/mol. The number of ether oxygens (including phenoxy) is 2. The lowest BCUT2D eigenvalue weighted by Gasteiger charge is -2.04. The molecule has 6 nitrogen and oxygen atoms in total. The molecule has 0 amide bonds. The lowest BCUT2D eigenvalue weighted by Crippen LogP contribution is -2.04. The van der Waals surface area contributed by atoms with Gasteiger partial charge >= 0.3 is 5.97 Å². The zero-order valence-electron chi connectivity index (χ0n) is 13.6. The van der Waals surface area contributed by atoms with Gasteiger partial charge in [-0.2, -0.15) is 0 Å². The largest absolute Gasteiger partial charge is 0.497 e. The van der Waals surface area contributed by atoms with Crippen molar-refractivity contribution in [3.05, 3.63) is 53.6 Å². The van der Waals surface area contributed by atoms with Crippen LogP contribution in [0.2, 0.25) is 0 Å². The monoisotopic (exact) mass is 325 g/mol.